The van der Waals surface area contributed by atoms with Crippen LogP contribution in [-0.4, -0.2) is 16.4 Å². The van der Waals surface area contributed by atoms with Gasteiger partial charge in [0.2, 0.25) is 0 Å². The number of aromatic nitrogens is 1. The average Bonchev–Trinajstić information content (AvgIpc) is 3.03. The topological polar surface area (TPSA) is 37.6 Å². The second kappa shape index (κ2) is 13.3. The normalized spacial score (nSPS) is 13.5. The Hall–Kier alpha value is -4.63. The molecule has 0 amide bonds. The van der Waals surface area contributed by atoms with Gasteiger partial charge in [-0.3, -0.25) is 9.98 Å². The molecule has 0 saturated heterocycles. The minimum absolute atomic E-state index is 0.222. The van der Waals surface area contributed by atoms with Gasteiger partial charge in [-0.25, -0.2) is 4.98 Å². The zero-order valence-corrected chi connectivity index (χ0v) is 27.3. The Kier molecular flexibility index (Phi) is 9.35. The summed E-state index contributed by atoms with van der Waals surface area (Å²) in [5.74, 6) is 0.445. The van der Waals surface area contributed by atoms with Crippen LogP contribution < -0.4 is 0 Å². The Balaban J connectivity index is 1.52. The van der Waals surface area contributed by atoms with Crippen LogP contribution in [0.2, 0.25) is 0 Å². The molecule has 3 nitrogen and oxygen atoms in total. The third-order valence-electron chi connectivity index (χ3n) is 8.53. The lowest BCUT2D eigenvalue weighted by Crippen LogP contribution is -2.06. The van der Waals surface area contributed by atoms with E-state index in [9.17, 15) is 0 Å². The SMILES string of the molecule is CC(=Nc1c(C)cc(C)cc1C(C)c1ccccc1)c1cccc(C(C)=Nc2c(C)cc(C)cc2C(C)c2ccccc2)n1. The van der Waals surface area contributed by atoms with Crippen LogP contribution in [0.5, 0.6) is 0 Å². The zero-order valence-electron chi connectivity index (χ0n) is 27.3. The molecule has 2 unspecified atom stereocenters. The summed E-state index contributed by atoms with van der Waals surface area (Å²) in [7, 11) is 0. The molecule has 5 aromatic rings. The molecule has 3 heteroatoms. The highest BCUT2D eigenvalue weighted by Gasteiger charge is 2.18. The van der Waals surface area contributed by atoms with E-state index in [0.717, 1.165) is 34.2 Å². The number of benzene rings is 4. The number of hydrogen-bond acceptors (Lipinski definition) is 3. The highest BCUT2D eigenvalue weighted by Crippen LogP contribution is 2.37. The molecule has 0 spiro atoms. The highest BCUT2D eigenvalue weighted by atomic mass is 14.8. The second-order valence-corrected chi connectivity index (χ2v) is 12.1. The molecule has 0 aliphatic heterocycles. The van der Waals surface area contributed by atoms with E-state index in [0.29, 0.717) is 0 Å². The molecule has 0 saturated carbocycles. The average molecular weight is 578 g/mol. The van der Waals surface area contributed by atoms with Crippen molar-refractivity contribution in [3.8, 4) is 0 Å². The number of nitrogens with zero attached hydrogens (tertiary/aromatic N) is 3. The number of rotatable bonds is 8. The van der Waals surface area contributed by atoms with Gasteiger partial charge in [-0.2, -0.15) is 0 Å². The second-order valence-electron chi connectivity index (χ2n) is 12.1. The standard InChI is InChI=1S/C41H43N3/c1-26-22-28(3)40(36(24-26)30(5)34-16-11-9-12-17-34)42-32(7)38-20-15-21-39(44-38)33(8)43-41-29(4)23-27(2)25-37(41)31(6)35-18-13-10-14-19-35/h9-25,30-31H,1-8H3. The van der Waals surface area contributed by atoms with Crippen LogP contribution in [0, 0.1) is 27.7 Å². The summed E-state index contributed by atoms with van der Waals surface area (Å²) in [4.78, 5) is 15.5. The van der Waals surface area contributed by atoms with Crippen LogP contribution in [0.25, 0.3) is 0 Å². The van der Waals surface area contributed by atoms with Gasteiger partial charge in [0.25, 0.3) is 0 Å². The van der Waals surface area contributed by atoms with E-state index < -0.39 is 0 Å². The highest BCUT2D eigenvalue weighted by molar-refractivity contribution is 6.02. The van der Waals surface area contributed by atoms with Gasteiger partial charge in [0.15, 0.2) is 0 Å². The monoisotopic (exact) mass is 577 g/mol. The van der Waals surface area contributed by atoms with E-state index in [1.54, 1.807) is 0 Å². The van der Waals surface area contributed by atoms with Crippen molar-refractivity contribution in [1.82, 2.24) is 4.98 Å². The lowest BCUT2D eigenvalue weighted by Gasteiger charge is -2.19. The Morgan fingerprint density at radius 2 is 0.909 bits per heavy atom. The summed E-state index contributed by atoms with van der Waals surface area (Å²) in [6, 6.07) is 36.4. The molecule has 0 bridgehead atoms. The number of pyridine rings is 1. The molecular formula is C41H43N3. The summed E-state index contributed by atoms with van der Waals surface area (Å²) in [6.07, 6.45) is 0. The molecule has 222 valence electrons. The summed E-state index contributed by atoms with van der Waals surface area (Å²) in [5, 5.41) is 0. The molecule has 0 N–H and O–H groups in total. The third-order valence-corrected chi connectivity index (χ3v) is 8.53. The molecule has 0 fully saturated rings. The van der Waals surface area contributed by atoms with E-state index in [1.165, 1.54) is 44.5 Å². The number of aliphatic imine (C=N–C) groups is 2. The van der Waals surface area contributed by atoms with Gasteiger partial charge in [-0.1, -0.05) is 116 Å². The first-order valence-electron chi connectivity index (χ1n) is 15.5. The van der Waals surface area contributed by atoms with E-state index in [4.69, 9.17) is 15.0 Å². The van der Waals surface area contributed by atoms with Crippen molar-refractivity contribution in [2.24, 2.45) is 9.98 Å². The largest absolute Gasteiger partial charge is 0.251 e. The van der Waals surface area contributed by atoms with E-state index in [1.807, 2.05) is 12.1 Å². The van der Waals surface area contributed by atoms with Gasteiger partial charge in [0, 0.05) is 11.8 Å². The Morgan fingerprint density at radius 1 is 0.523 bits per heavy atom. The van der Waals surface area contributed by atoms with Gasteiger partial charge in [-0.15, -0.1) is 0 Å². The van der Waals surface area contributed by atoms with Crippen molar-refractivity contribution in [3.63, 3.8) is 0 Å². The molecule has 0 aliphatic carbocycles. The number of aryl methyl sites for hydroxylation is 4. The Bertz CT molecular complexity index is 1700. The third kappa shape index (κ3) is 6.78. The van der Waals surface area contributed by atoms with Crippen molar-refractivity contribution in [3.05, 3.63) is 159 Å². The van der Waals surface area contributed by atoms with Crippen LogP contribution in [0.3, 0.4) is 0 Å². The van der Waals surface area contributed by atoms with Gasteiger partial charge in [0.05, 0.1) is 34.2 Å². The van der Waals surface area contributed by atoms with Crippen LogP contribution in [0.1, 0.15) is 95.4 Å². The maximum Gasteiger partial charge on any atom is 0.0849 e. The van der Waals surface area contributed by atoms with E-state index in [-0.39, 0.29) is 11.8 Å². The van der Waals surface area contributed by atoms with Crippen molar-refractivity contribution in [2.45, 2.75) is 67.2 Å². The molecule has 5 rings (SSSR count). The Labute approximate surface area is 263 Å². The fourth-order valence-electron chi connectivity index (χ4n) is 6.08. The maximum absolute atomic E-state index is 5.21. The van der Waals surface area contributed by atoms with Crippen LogP contribution in [0.15, 0.2) is 113 Å². The summed E-state index contributed by atoms with van der Waals surface area (Å²) in [5.41, 5.74) is 15.4. The van der Waals surface area contributed by atoms with Crippen molar-refractivity contribution < 1.29 is 0 Å². The fraction of sp³-hybridized carbons (Fsp3) is 0.244. The minimum Gasteiger partial charge on any atom is -0.251 e. The van der Waals surface area contributed by atoms with Crippen LogP contribution in [-0.2, 0) is 0 Å². The van der Waals surface area contributed by atoms with Gasteiger partial charge < -0.3 is 0 Å². The van der Waals surface area contributed by atoms with Crippen molar-refractivity contribution in [2.75, 3.05) is 0 Å². The predicted molar refractivity (Wildman–Crippen MR) is 188 cm³/mol. The first-order valence-corrected chi connectivity index (χ1v) is 15.5. The fourth-order valence-corrected chi connectivity index (χ4v) is 6.08. The quantitative estimate of drug-likeness (QED) is 0.169. The van der Waals surface area contributed by atoms with E-state index in [2.05, 4.69) is 146 Å². The smallest absolute Gasteiger partial charge is 0.0849 e. The molecule has 1 aromatic heterocycles. The zero-order chi connectivity index (χ0) is 31.4. The molecule has 0 radical (unpaired) electrons. The van der Waals surface area contributed by atoms with Gasteiger partial charge in [-0.05, 0) is 87.1 Å². The lowest BCUT2D eigenvalue weighted by molar-refractivity contribution is 0.916. The van der Waals surface area contributed by atoms with Crippen molar-refractivity contribution in [1.29, 1.82) is 0 Å². The maximum atomic E-state index is 5.21. The molecule has 0 aliphatic rings. The summed E-state index contributed by atoms with van der Waals surface area (Å²) >= 11 is 0. The summed E-state index contributed by atoms with van der Waals surface area (Å²) in [6.45, 7) is 17.2. The van der Waals surface area contributed by atoms with Gasteiger partial charge >= 0.3 is 0 Å². The molecular weight excluding hydrogens is 534 g/mol. The first-order chi connectivity index (χ1) is 21.1. The predicted octanol–water partition coefficient (Wildman–Crippen LogP) is 10.9. The minimum atomic E-state index is 0.222. The van der Waals surface area contributed by atoms with E-state index >= 15 is 0 Å². The first kappa shape index (κ1) is 30.8. The number of hydrogen-bond donors (Lipinski definition) is 0. The molecule has 2 atom stereocenters. The lowest BCUT2D eigenvalue weighted by atomic mass is 9.89. The van der Waals surface area contributed by atoms with Crippen LogP contribution >= 0.6 is 0 Å². The molecule has 44 heavy (non-hydrogen) atoms. The summed E-state index contributed by atoms with van der Waals surface area (Å²) < 4.78 is 0. The van der Waals surface area contributed by atoms with Crippen LogP contribution in [0.4, 0.5) is 11.4 Å². The van der Waals surface area contributed by atoms with Gasteiger partial charge in [0.1, 0.15) is 0 Å². The molecule has 1 heterocycles. The Morgan fingerprint density at radius 3 is 1.30 bits per heavy atom. The van der Waals surface area contributed by atoms with Crippen molar-refractivity contribution >= 4 is 22.8 Å². The molecule has 4 aromatic carbocycles.